The van der Waals surface area contributed by atoms with Crippen LogP contribution in [0.1, 0.15) is 11.5 Å². The molecule has 0 saturated heterocycles. The second kappa shape index (κ2) is 6.29. The standard InChI is InChI=1S/C16H13Cl3N2O2/c1-9-7-11-12(8-13(22)16(17,18)19)20-14(21-15(11)23-9)10-5-3-2-4-6-10/h2-7,13,22H,8H2,1H3. The van der Waals surface area contributed by atoms with Crippen molar-refractivity contribution in [2.45, 2.75) is 23.2 Å². The maximum Gasteiger partial charge on any atom is 0.230 e. The molecular formula is C16H13Cl3N2O2. The fourth-order valence-corrected chi connectivity index (χ4v) is 2.50. The van der Waals surface area contributed by atoms with Gasteiger partial charge in [-0.2, -0.15) is 4.98 Å². The van der Waals surface area contributed by atoms with Crippen LogP contribution in [0.2, 0.25) is 0 Å². The Morgan fingerprint density at radius 3 is 2.52 bits per heavy atom. The smallest absolute Gasteiger partial charge is 0.230 e. The average Bonchev–Trinajstić information content (AvgIpc) is 2.87. The number of nitrogens with zero attached hydrogens (tertiary/aromatic N) is 2. The maximum atomic E-state index is 10.1. The van der Waals surface area contributed by atoms with Gasteiger partial charge in [-0.3, -0.25) is 0 Å². The molecule has 2 heterocycles. The van der Waals surface area contributed by atoms with E-state index in [4.69, 9.17) is 39.2 Å². The fraction of sp³-hybridized carbons (Fsp3) is 0.250. The molecule has 1 N–H and O–H groups in total. The van der Waals surface area contributed by atoms with Crippen LogP contribution in [0.5, 0.6) is 0 Å². The molecule has 1 unspecified atom stereocenters. The zero-order valence-electron chi connectivity index (χ0n) is 12.1. The van der Waals surface area contributed by atoms with Crippen molar-refractivity contribution in [3.05, 3.63) is 47.9 Å². The van der Waals surface area contributed by atoms with E-state index in [0.29, 0.717) is 28.4 Å². The molecule has 0 aliphatic heterocycles. The molecule has 23 heavy (non-hydrogen) atoms. The van der Waals surface area contributed by atoms with Crippen molar-refractivity contribution in [2.24, 2.45) is 0 Å². The van der Waals surface area contributed by atoms with Crippen LogP contribution in [0.25, 0.3) is 22.5 Å². The number of hydrogen-bond donors (Lipinski definition) is 1. The average molecular weight is 372 g/mol. The fourth-order valence-electron chi connectivity index (χ4n) is 2.27. The lowest BCUT2D eigenvalue weighted by Gasteiger charge is -2.18. The molecule has 0 radical (unpaired) electrons. The van der Waals surface area contributed by atoms with Gasteiger partial charge in [0.25, 0.3) is 0 Å². The Labute approximate surface area is 148 Å². The Balaban J connectivity index is 2.11. The molecule has 0 aliphatic rings. The lowest BCUT2D eigenvalue weighted by Crippen LogP contribution is -2.28. The molecule has 0 bridgehead atoms. The third-order valence-electron chi connectivity index (χ3n) is 3.39. The summed E-state index contributed by atoms with van der Waals surface area (Å²) < 4.78 is 3.82. The van der Waals surface area contributed by atoms with E-state index >= 15 is 0 Å². The van der Waals surface area contributed by atoms with Crippen LogP contribution in [-0.2, 0) is 6.42 Å². The van der Waals surface area contributed by atoms with Crippen LogP contribution in [0.15, 0.2) is 40.8 Å². The molecule has 4 nitrogen and oxygen atoms in total. The van der Waals surface area contributed by atoms with Crippen molar-refractivity contribution < 1.29 is 9.52 Å². The second-order valence-electron chi connectivity index (χ2n) is 5.20. The zero-order chi connectivity index (χ0) is 16.6. The largest absolute Gasteiger partial charge is 0.443 e. The predicted molar refractivity (Wildman–Crippen MR) is 92.0 cm³/mol. The highest BCUT2D eigenvalue weighted by atomic mass is 35.6. The van der Waals surface area contributed by atoms with Crippen molar-refractivity contribution >= 4 is 45.9 Å². The van der Waals surface area contributed by atoms with E-state index in [1.54, 1.807) is 0 Å². The van der Waals surface area contributed by atoms with E-state index in [0.717, 1.165) is 5.56 Å². The van der Waals surface area contributed by atoms with E-state index in [2.05, 4.69) is 9.97 Å². The number of fused-ring (bicyclic) bond motifs is 1. The van der Waals surface area contributed by atoms with Gasteiger partial charge in [0.05, 0.1) is 11.1 Å². The minimum Gasteiger partial charge on any atom is -0.443 e. The third kappa shape index (κ3) is 3.61. The van der Waals surface area contributed by atoms with Crippen LogP contribution < -0.4 is 0 Å². The number of hydrogen-bond acceptors (Lipinski definition) is 4. The lowest BCUT2D eigenvalue weighted by atomic mass is 10.1. The Kier molecular flexibility index (Phi) is 4.52. The number of rotatable bonds is 3. The highest BCUT2D eigenvalue weighted by Crippen LogP contribution is 2.33. The van der Waals surface area contributed by atoms with E-state index in [-0.39, 0.29) is 6.42 Å². The number of halogens is 3. The first kappa shape index (κ1) is 16.5. The SMILES string of the molecule is Cc1cc2c(CC(O)C(Cl)(Cl)Cl)nc(-c3ccccc3)nc2o1. The molecule has 120 valence electrons. The zero-order valence-corrected chi connectivity index (χ0v) is 14.4. The highest BCUT2D eigenvalue weighted by Gasteiger charge is 2.32. The second-order valence-corrected chi connectivity index (χ2v) is 7.57. The molecule has 0 aliphatic carbocycles. The topological polar surface area (TPSA) is 59.2 Å². The Hall–Kier alpha value is -1.33. The molecule has 0 fully saturated rings. The lowest BCUT2D eigenvalue weighted by molar-refractivity contribution is 0.178. The van der Waals surface area contributed by atoms with Gasteiger partial charge in [0.15, 0.2) is 5.82 Å². The van der Waals surface area contributed by atoms with Crippen molar-refractivity contribution in [2.75, 3.05) is 0 Å². The number of aromatic nitrogens is 2. The van der Waals surface area contributed by atoms with E-state index in [1.165, 1.54) is 0 Å². The van der Waals surface area contributed by atoms with E-state index in [1.807, 2.05) is 43.3 Å². The number of benzene rings is 1. The van der Waals surface area contributed by atoms with Crippen LogP contribution in [-0.4, -0.2) is 25.0 Å². The number of aliphatic hydroxyl groups excluding tert-OH is 1. The predicted octanol–water partition coefficient (Wildman–Crippen LogP) is 4.47. The molecule has 0 amide bonds. The number of alkyl halides is 3. The van der Waals surface area contributed by atoms with E-state index < -0.39 is 9.90 Å². The number of furan rings is 1. The van der Waals surface area contributed by atoms with Gasteiger partial charge < -0.3 is 9.52 Å². The summed E-state index contributed by atoms with van der Waals surface area (Å²) in [7, 11) is 0. The summed E-state index contributed by atoms with van der Waals surface area (Å²) >= 11 is 17.3. The summed E-state index contributed by atoms with van der Waals surface area (Å²) in [6.45, 7) is 1.82. The summed E-state index contributed by atoms with van der Waals surface area (Å²) in [5.74, 6) is 1.20. The quantitative estimate of drug-likeness (QED) is 0.690. The molecule has 1 aromatic carbocycles. The van der Waals surface area contributed by atoms with Gasteiger partial charge in [0.2, 0.25) is 9.51 Å². The van der Waals surface area contributed by atoms with E-state index in [9.17, 15) is 5.11 Å². The number of aliphatic hydroxyl groups is 1. The van der Waals surface area contributed by atoms with Gasteiger partial charge in [-0.05, 0) is 13.0 Å². The van der Waals surface area contributed by atoms with Crippen LogP contribution in [0.3, 0.4) is 0 Å². The molecular weight excluding hydrogens is 359 g/mol. The van der Waals surface area contributed by atoms with Gasteiger partial charge in [-0.25, -0.2) is 4.98 Å². The summed E-state index contributed by atoms with van der Waals surface area (Å²) in [6.07, 6.45) is -1.11. The Morgan fingerprint density at radius 1 is 1.17 bits per heavy atom. The Morgan fingerprint density at radius 2 is 1.87 bits per heavy atom. The van der Waals surface area contributed by atoms with Gasteiger partial charge in [0.1, 0.15) is 11.9 Å². The van der Waals surface area contributed by atoms with Crippen LogP contribution >= 0.6 is 34.8 Å². The normalized spacial score (nSPS) is 13.4. The van der Waals surface area contributed by atoms with Gasteiger partial charge >= 0.3 is 0 Å². The minimum absolute atomic E-state index is 0.0777. The highest BCUT2D eigenvalue weighted by molar-refractivity contribution is 6.68. The molecule has 3 rings (SSSR count). The maximum absolute atomic E-state index is 10.1. The third-order valence-corrected chi connectivity index (χ3v) is 4.15. The van der Waals surface area contributed by atoms with Gasteiger partial charge in [-0.1, -0.05) is 65.1 Å². The number of aryl methyl sites for hydroxylation is 1. The summed E-state index contributed by atoms with van der Waals surface area (Å²) in [6, 6.07) is 11.3. The summed E-state index contributed by atoms with van der Waals surface area (Å²) in [5, 5.41) is 10.8. The molecule has 7 heteroatoms. The monoisotopic (exact) mass is 370 g/mol. The molecule has 0 spiro atoms. The van der Waals surface area contributed by atoms with Crippen molar-refractivity contribution in [1.29, 1.82) is 0 Å². The summed E-state index contributed by atoms with van der Waals surface area (Å²) in [4.78, 5) is 8.97. The molecule has 0 saturated carbocycles. The Bertz CT molecular complexity index is 828. The molecule has 1 atom stereocenters. The first-order valence-electron chi connectivity index (χ1n) is 6.92. The summed E-state index contributed by atoms with van der Waals surface area (Å²) in [5.41, 5.74) is 1.86. The van der Waals surface area contributed by atoms with Crippen molar-refractivity contribution in [1.82, 2.24) is 9.97 Å². The van der Waals surface area contributed by atoms with Crippen molar-refractivity contribution in [3.63, 3.8) is 0 Å². The first-order chi connectivity index (χ1) is 10.8. The van der Waals surface area contributed by atoms with Gasteiger partial charge in [0, 0.05) is 12.0 Å². The van der Waals surface area contributed by atoms with Crippen molar-refractivity contribution in [3.8, 4) is 11.4 Å². The van der Waals surface area contributed by atoms with Crippen LogP contribution in [0, 0.1) is 6.92 Å². The minimum atomic E-state index is -1.79. The molecule has 2 aromatic heterocycles. The first-order valence-corrected chi connectivity index (χ1v) is 8.05. The van der Waals surface area contributed by atoms with Gasteiger partial charge in [-0.15, -0.1) is 0 Å². The molecule has 3 aromatic rings. The van der Waals surface area contributed by atoms with Crippen LogP contribution in [0.4, 0.5) is 0 Å².